The number of carboxylic acid groups (broad SMARTS) is 1. The van der Waals surface area contributed by atoms with Crippen LogP contribution in [0.15, 0.2) is 18.2 Å². The fourth-order valence-electron chi connectivity index (χ4n) is 0.853. The summed E-state index contributed by atoms with van der Waals surface area (Å²) in [6.45, 7) is 1.78. The summed E-state index contributed by atoms with van der Waals surface area (Å²) in [6, 6.07) is 5.07. The van der Waals surface area contributed by atoms with Gasteiger partial charge in [0.1, 0.15) is 5.69 Å². The van der Waals surface area contributed by atoms with E-state index in [1.807, 2.05) is 5.32 Å². The van der Waals surface area contributed by atoms with Gasteiger partial charge in [-0.3, -0.25) is 10.7 Å². The van der Waals surface area contributed by atoms with Crippen LogP contribution in [0.25, 0.3) is 0 Å². The fourth-order valence-corrected chi connectivity index (χ4v) is 0.853. The van der Waals surface area contributed by atoms with Crippen LogP contribution in [0.1, 0.15) is 11.4 Å². The first-order chi connectivity index (χ1) is 6.09. The number of hydrogen-bond acceptors (Lipinski definition) is 3. The van der Waals surface area contributed by atoms with E-state index in [2.05, 4.69) is 4.98 Å². The van der Waals surface area contributed by atoms with E-state index >= 15 is 0 Å². The van der Waals surface area contributed by atoms with E-state index in [1.165, 1.54) is 0 Å². The van der Waals surface area contributed by atoms with Gasteiger partial charge in [0.2, 0.25) is 0 Å². The molecule has 0 saturated heterocycles. The highest BCUT2D eigenvalue weighted by Gasteiger charge is 2.05. The average Bonchev–Trinajstić information content (AvgIpc) is 2.03. The molecule has 0 unspecified atom stereocenters. The zero-order valence-corrected chi connectivity index (χ0v) is 7.03. The number of carbonyl (C=O) groups is 1. The minimum absolute atomic E-state index is 0.212. The molecule has 13 heavy (non-hydrogen) atoms. The van der Waals surface area contributed by atoms with Crippen molar-refractivity contribution in [2.45, 2.75) is 6.92 Å². The Kier molecular flexibility index (Phi) is 2.59. The summed E-state index contributed by atoms with van der Waals surface area (Å²) in [7, 11) is 0. The van der Waals surface area contributed by atoms with Crippen LogP contribution >= 0.6 is 0 Å². The molecule has 5 heteroatoms. The SMILES string of the molecule is Cc1cccc(C(=N)NC(=O)O)n1. The first-order valence-electron chi connectivity index (χ1n) is 3.62. The van der Waals surface area contributed by atoms with Gasteiger partial charge in [0.15, 0.2) is 5.84 Å². The average molecular weight is 179 g/mol. The smallest absolute Gasteiger partial charge is 0.410 e. The topological polar surface area (TPSA) is 86.1 Å². The Hall–Kier alpha value is -1.91. The maximum Gasteiger partial charge on any atom is 0.410 e. The van der Waals surface area contributed by atoms with Gasteiger partial charge in [0, 0.05) is 5.69 Å². The van der Waals surface area contributed by atoms with Crippen molar-refractivity contribution in [3.05, 3.63) is 29.6 Å². The van der Waals surface area contributed by atoms with E-state index in [-0.39, 0.29) is 5.84 Å². The van der Waals surface area contributed by atoms with Crippen LogP contribution in [0.4, 0.5) is 4.79 Å². The minimum atomic E-state index is -1.26. The highest BCUT2D eigenvalue weighted by molar-refractivity contribution is 6.02. The molecule has 0 aromatic carbocycles. The summed E-state index contributed by atoms with van der Waals surface area (Å²) >= 11 is 0. The predicted molar refractivity (Wildman–Crippen MR) is 47.0 cm³/mol. The fraction of sp³-hybridized carbons (Fsp3) is 0.125. The maximum absolute atomic E-state index is 10.2. The molecule has 0 aliphatic heterocycles. The first kappa shape index (κ1) is 9.18. The second-order valence-electron chi connectivity index (χ2n) is 2.47. The Balaban J connectivity index is 2.83. The molecular weight excluding hydrogens is 170 g/mol. The second kappa shape index (κ2) is 3.66. The Morgan fingerprint density at radius 3 is 2.85 bits per heavy atom. The Morgan fingerprint density at radius 1 is 1.62 bits per heavy atom. The van der Waals surface area contributed by atoms with E-state index in [4.69, 9.17) is 10.5 Å². The van der Waals surface area contributed by atoms with Crippen molar-refractivity contribution in [2.24, 2.45) is 0 Å². The molecule has 0 radical (unpaired) electrons. The van der Waals surface area contributed by atoms with E-state index in [1.54, 1.807) is 25.1 Å². The number of aromatic nitrogens is 1. The number of aryl methyl sites for hydroxylation is 1. The number of nitrogens with zero attached hydrogens (tertiary/aromatic N) is 1. The van der Waals surface area contributed by atoms with Crippen molar-refractivity contribution in [1.29, 1.82) is 5.41 Å². The summed E-state index contributed by atoms with van der Waals surface area (Å²) in [5.74, 6) is -0.212. The number of hydrogen-bond donors (Lipinski definition) is 3. The number of nitrogens with one attached hydrogen (secondary N) is 2. The molecule has 1 rings (SSSR count). The van der Waals surface area contributed by atoms with Crippen LogP contribution in [0.2, 0.25) is 0 Å². The lowest BCUT2D eigenvalue weighted by Gasteiger charge is -2.02. The number of amides is 1. The summed E-state index contributed by atoms with van der Waals surface area (Å²) in [6.07, 6.45) is -1.26. The molecular formula is C8H9N3O2. The molecule has 0 aliphatic rings. The lowest BCUT2D eigenvalue weighted by molar-refractivity contribution is 0.200. The molecule has 0 aliphatic carbocycles. The molecule has 68 valence electrons. The van der Waals surface area contributed by atoms with Crippen molar-refractivity contribution in [3.63, 3.8) is 0 Å². The van der Waals surface area contributed by atoms with E-state index < -0.39 is 6.09 Å². The van der Waals surface area contributed by atoms with Gasteiger partial charge in [-0.15, -0.1) is 0 Å². The normalized spacial score (nSPS) is 9.31. The molecule has 0 saturated carbocycles. The molecule has 0 fully saturated rings. The third-order valence-corrected chi connectivity index (χ3v) is 1.38. The molecule has 0 atom stereocenters. The first-order valence-corrected chi connectivity index (χ1v) is 3.62. The maximum atomic E-state index is 10.2. The summed E-state index contributed by atoms with van der Waals surface area (Å²) in [5.41, 5.74) is 1.07. The zero-order valence-electron chi connectivity index (χ0n) is 7.03. The van der Waals surface area contributed by atoms with E-state index in [0.717, 1.165) is 5.69 Å². The highest BCUT2D eigenvalue weighted by Crippen LogP contribution is 1.97. The molecule has 1 amide bonds. The van der Waals surface area contributed by atoms with Crippen molar-refractivity contribution in [2.75, 3.05) is 0 Å². The number of amidine groups is 1. The number of pyridine rings is 1. The summed E-state index contributed by atoms with van der Waals surface area (Å²) < 4.78 is 0. The van der Waals surface area contributed by atoms with Gasteiger partial charge in [-0.2, -0.15) is 0 Å². The van der Waals surface area contributed by atoms with Gasteiger partial charge >= 0.3 is 6.09 Å². The Bertz CT molecular complexity index is 349. The summed E-state index contributed by atoms with van der Waals surface area (Å²) in [5, 5.41) is 17.6. The molecule has 3 N–H and O–H groups in total. The van der Waals surface area contributed by atoms with Gasteiger partial charge in [0.05, 0.1) is 0 Å². The molecule has 5 nitrogen and oxygen atoms in total. The quantitative estimate of drug-likeness (QED) is 0.443. The number of rotatable bonds is 1. The van der Waals surface area contributed by atoms with E-state index in [9.17, 15) is 4.79 Å². The van der Waals surface area contributed by atoms with E-state index in [0.29, 0.717) is 5.69 Å². The van der Waals surface area contributed by atoms with Crippen molar-refractivity contribution in [3.8, 4) is 0 Å². The van der Waals surface area contributed by atoms with Gasteiger partial charge in [-0.25, -0.2) is 9.78 Å². The van der Waals surface area contributed by atoms with Crippen molar-refractivity contribution in [1.82, 2.24) is 10.3 Å². The third kappa shape index (κ3) is 2.55. The molecule has 1 heterocycles. The van der Waals surface area contributed by atoms with Crippen molar-refractivity contribution >= 4 is 11.9 Å². The minimum Gasteiger partial charge on any atom is -0.465 e. The third-order valence-electron chi connectivity index (χ3n) is 1.38. The van der Waals surface area contributed by atoms with Gasteiger partial charge in [-0.05, 0) is 19.1 Å². The lowest BCUT2D eigenvalue weighted by atomic mass is 10.3. The molecule has 1 aromatic rings. The van der Waals surface area contributed by atoms with Crippen LogP contribution in [-0.2, 0) is 0 Å². The standard InChI is InChI=1S/C8H9N3O2/c1-5-3-2-4-6(10-5)7(9)11-8(12)13/h2-4H,1H3,(H2,9,11)(H,12,13). The zero-order chi connectivity index (χ0) is 9.84. The van der Waals surface area contributed by atoms with Crippen LogP contribution in [0.3, 0.4) is 0 Å². The second-order valence-corrected chi connectivity index (χ2v) is 2.47. The predicted octanol–water partition coefficient (Wildman–Crippen LogP) is 0.983. The largest absolute Gasteiger partial charge is 0.465 e. The van der Waals surface area contributed by atoms with Gasteiger partial charge < -0.3 is 5.11 Å². The monoisotopic (exact) mass is 179 g/mol. The van der Waals surface area contributed by atoms with Gasteiger partial charge in [-0.1, -0.05) is 6.07 Å². The molecule has 0 bridgehead atoms. The lowest BCUT2D eigenvalue weighted by Crippen LogP contribution is -2.29. The van der Waals surface area contributed by atoms with Crippen LogP contribution in [0.5, 0.6) is 0 Å². The summed E-state index contributed by atoms with van der Waals surface area (Å²) in [4.78, 5) is 14.2. The van der Waals surface area contributed by atoms with Crippen LogP contribution in [0, 0.1) is 12.3 Å². The molecule has 1 aromatic heterocycles. The Morgan fingerprint density at radius 2 is 2.31 bits per heavy atom. The van der Waals surface area contributed by atoms with Gasteiger partial charge in [0.25, 0.3) is 0 Å². The highest BCUT2D eigenvalue weighted by atomic mass is 16.4. The molecule has 0 spiro atoms. The van der Waals surface area contributed by atoms with Crippen LogP contribution in [-0.4, -0.2) is 22.0 Å². The van der Waals surface area contributed by atoms with Crippen molar-refractivity contribution < 1.29 is 9.90 Å². The van der Waals surface area contributed by atoms with Crippen LogP contribution < -0.4 is 5.32 Å². The Labute approximate surface area is 74.9 Å².